The van der Waals surface area contributed by atoms with Crippen LogP contribution in [0.25, 0.3) is 21.9 Å². The van der Waals surface area contributed by atoms with E-state index in [0.717, 1.165) is 12.1 Å². The number of pyridine rings is 1. The Morgan fingerprint density at radius 1 is 1.25 bits per heavy atom. The van der Waals surface area contributed by atoms with Gasteiger partial charge < -0.3 is 4.98 Å². The second-order valence-corrected chi connectivity index (χ2v) is 4.23. The minimum Gasteiger partial charge on any atom is -0.339 e. The SMILES string of the molecule is CCc1cccc2c1[nH]c1ncc(C)cc12. The number of benzene rings is 1. The third kappa shape index (κ3) is 1.23. The van der Waals surface area contributed by atoms with Crippen LogP contribution in [0.4, 0.5) is 0 Å². The highest BCUT2D eigenvalue weighted by molar-refractivity contribution is 6.07. The molecular weight excluding hydrogens is 196 g/mol. The fourth-order valence-corrected chi connectivity index (χ4v) is 2.26. The molecule has 0 fully saturated rings. The van der Waals surface area contributed by atoms with Crippen LogP contribution in [0.5, 0.6) is 0 Å². The standard InChI is InChI=1S/C14H14N2/c1-3-10-5-4-6-11-12-7-9(2)8-15-14(12)16-13(10)11/h4-8H,3H2,1-2H3,(H,15,16). The van der Waals surface area contributed by atoms with E-state index in [9.17, 15) is 0 Å². The highest BCUT2D eigenvalue weighted by atomic mass is 14.8. The molecule has 2 heteroatoms. The first-order valence-corrected chi connectivity index (χ1v) is 5.65. The number of H-pyrrole nitrogens is 1. The molecule has 0 saturated heterocycles. The second kappa shape index (κ2) is 3.34. The van der Waals surface area contributed by atoms with E-state index in [0.29, 0.717) is 0 Å². The van der Waals surface area contributed by atoms with E-state index in [4.69, 9.17) is 0 Å². The fourth-order valence-electron chi connectivity index (χ4n) is 2.26. The lowest BCUT2D eigenvalue weighted by molar-refractivity contribution is 1.15. The van der Waals surface area contributed by atoms with Crippen LogP contribution in [0.2, 0.25) is 0 Å². The van der Waals surface area contributed by atoms with Crippen LogP contribution in [0.1, 0.15) is 18.1 Å². The molecule has 2 aromatic heterocycles. The van der Waals surface area contributed by atoms with E-state index in [-0.39, 0.29) is 0 Å². The number of nitrogens with one attached hydrogen (secondary N) is 1. The maximum absolute atomic E-state index is 4.44. The lowest BCUT2D eigenvalue weighted by Crippen LogP contribution is -1.81. The Balaban J connectivity index is 2.50. The van der Waals surface area contributed by atoms with Crippen molar-refractivity contribution in [2.75, 3.05) is 0 Å². The molecule has 16 heavy (non-hydrogen) atoms. The number of fused-ring (bicyclic) bond motifs is 3. The second-order valence-electron chi connectivity index (χ2n) is 4.23. The van der Waals surface area contributed by atoms with E-state index >= 15 is 0 Å². The number of rotatable bonds is 1. The van der Waals surface area contributed by atoms with Crippen molar-refractivity contribution in [2.24, 2.45) is 0 Å². The summed E-state index contributed by atoms with van der Waals surface area (Å²) >= 11 is 0. The molecule has 0 radical (unpaired) electrons. The predicted molar refractivity (Wildman–Crippen MR) is 67.7 cm³/mol. The van der Waals surface area contributed by atoms with Crippen molar-refractivity contribution in [2.45, 2.75) is 20.3 Å². The van der Waals surface area contributed by atoms with Gasteiger partial charge in [-0.2, -0.15) is 0 Å². The van der Waals surface area contributed by atoms with Crippen LogP contribution in [-0.2, 0) is 6.42 Å². The number of para-hydroxylation sites is 1. The molecule has 0 aliphatic rings. The first-order valence-electron chi connectivity index (χ1n) is 5.65. The minimum absolute atomic E-state index is 0.988. The summed E-state index contributed by atoms with van der Waals surface area (Å²) in [5, 5.41) is 2.51. The largest absolute Gasteiger partial charge is 0.339 e. The molecule has 0 bridgehead atoms. The molecule has 3 aromatic rings. The number of aromatic amines is 1. The lowest BCUT2D eigenvalue weighted by Gasteiger charge is -1.97. The zero-order valence-electron chi connectivity index (χ0n) is 9.54. The Morgan fingerprint density at radius 3 is 2.94 bits per heavy atom. The maximum Gasteiger partial charge on any atom is 0.138 e. The van der Waals surface area contributed by atoms with Gasteiger partial charge in [0, 0.05) is 17.0 Å². The van der Waals surface area contributed by atoms with Gasteiger partial charge in [0.25, 0.3) is 0 Å². The molecular formula is C14H14N2. The average Bonchev–Trinajstić information content (AvgIpc) is 2.67. The fraction of sp³-hybridized carbons (Fsp3) is 0.214. The average molecular weight is 210 g/mol. The zero-order chi connectivity index (χ0) is 11.1. The Morgan fingerprint density at radius 2 is 2.12 bits per heavy atom. The van der Waals surface area contributed by atoms with Gasteiger partial charge in [0.05, 0.1) is 5.52 Å². The van der Waals surface area contributed by atoms with Crippen LogP contribution in [0.3, 0.4) is 0 Å². The summed E-state index contributed by atoms with van der Waals surface area (Å²) in [7, 11) is 0. The molecule has 0 unspecified atom stereocenters. The van der Waals surface area contributed by atoms with Gasteiger partial charge in [-0.05, 0) is 30.5 Å². The summed E-state index contributed by atoms with van der Waals surface area (Å²) < 4.78 is 0. The van der Waals surface area contributed by atoms with Crippen molar-refractivity contribution >= 4 is 21.9 Å². The van der Waals surface area contributed by atoms with Crippen molar-refractivity contribution in [3.63, 3.8) is 0 Å². The summed E-state index contributed by atoms with van der Waals surface area (Å²) in [6, 6.07) is 8.65. The van der Waals surface area contributed by atoms with Crippen molar-refractivity contribution in [3.05, 3.63) is 41.6 Å². The van der Waals surface area contributed by atoms with Crippen molar-refractivity contribution in [1.29, 1.82) is 0 Å². The summed E-state index contributed by atoms with van der Waals surface area (Å²) in [6.45, 7) is 4.26. The van der Waals surface area contributed by atoms with E-state index in [2.05, 4.69) is 48.1 Å². The molecule has 0 aliphatic heterocycles. The molecule has 0 aliphatic carbocycles. The van der Waals surface area contributed by atoms with E-state index < -0.39 is 0 Å². The summed E-state index contributed by atoms with van der Waals surface area (Å²) in [6.07, 6.45) is 2.95. The van der Waals surface area contributed by atoms with Gasteiger partial charge in [0.1, 0.15) is 5.65 Å². The Hall–Kier alpha value is -1.83. The molecule has 3 rings (SSSR count). The lowest BCUT2D eigenvalue weighted by atomic mass is 10.1. The van der Waals surface area contributed by atoms with Crippen molar-refractivity contribution in [3.8, 4) is 0 Å². The first-order chi connectivity index (χ1) is 7.79. The number of aromatic nitrogens is 2. The quantitative estimate of drug-likeness (QED) is 0.653. The molecule has 1 N–H and O–H groups in total. The minimum atomic E-state index is 0.988. The number of aryl methyl sites for hydroxylation is 2. The van der Waals surface area contributed by atoms with Gasteiger partial charge in [-0.1, -0.05) is 25.1 Å². The first kappa shape index (κ1) is 9.40. The summed E-state index contributed by atoms with van der Waals surface area (Å²) in [5.41, 5.74) is 4.78. The smallest absolute Gasteiger partial charge is 0.138 e. The van der Waals surface area contributed by atoms with Crippen LogP contribution in [0, 0.1) is 6.92 Å². The van der Waals surface area contributed by atoms with E-state index in [1.807, 2.05) is 6.20 Å². The molecule has 2 heterocycles. The third-order valence-electron chi connectivity index (χ3n) is 3.09. The number of nitrogens with zero attached hydrogens (tertiary/aromatic N) is 1. The van der Waals surface area contributed by atoms with Gasteiger partial charge in [-0.25, -0.2) is 4.98 Å². The van der Waals surface area contributed by atoms with E-state index in [1.165, 1.54) is 27.4 Å². The van der Waals surface area contributed by atoms with Crippen molar-refractivity contribution < 1.29 is 0 Å². The normalized spacial score (nSPS) is 11.4. The molecule has 80 valence electrons. The van der Waals surface area contributed by atoms with Crippen LogP contribution in [-0.4, -0.2) is 9.97 Å². The maximum atomic E-state index is 4.44. The highest BCUT2D eigenvalue weighted by Crippen LogP contribution is 2.27. The van der Waals surface area contributed by atoms with Crippen LogP contribution >= 0.6 is 0 Å². The molecule has 0 amide bonds. The number of hydrogen-bond donors (Lipinski definition) is 1. The van der Waals surface area contributed by atoms with Gasteiger partial charge in [0.15, 0.2) is 0 Å². The number of hydrogen-bond acceptors (Lipinski definition) is 1. The molecule has 0 spiro atoms. The molecule has 0 saturated carbocycles. The van der Waals surface area contributed by atoms with Crippen LogP contribution < -0.4 is 0 Å². The van der Waals surface area contributed by atoms with Crippen molar-refractivity contribution in [1.82, 2.24) is 9.97 Å². The predicted octanol–water partition coefficient (Wildman–Crippen LogP) is 3.59. The summed E-state index contributed by atoms with van der Waals surface area (Å²) in [5.74, 6) is 0. The zero-order valence-corrected chi connectivity index (χ0v) is 9.54. The Labute approximate surface area is 94.3 Å². The van der Waals surface area contributed by atoms with Gasteiger partial charge in [-0.15, -0.1) is 0 Å². The monoisotopic (exact) mass is 210 g/mol. The highest BCUT2D eigenvalue weighted by Gasteiger charge is 2.07. The Bertz CT molecular complexity index is 665. The molecule has 1 aromatic carbocycles. The Kier molecular flexibility index (Phi) is 1.96. The third-order valence-corrected chi connectivity index (χ3v) is 3.09. The molecule has 0 atom stereocenters. The summed E-state index contributed by atoms with van der Waals surface area (Å²) in [4.78, 5) is 7.85. The van der Waals surface area contributed by atoms with E-state index in [1.54, 1.807) is 0 Å². The van der Waals surface area contributed by atoms with Gasteiger partial charge >= 0.3 is 0 Å². The van der Waals surface area contributed by atoms with Gasteiger partial charge in [0.2, 0.25) is 0 Å². The topological polar surface area (TPSA) is 28.7 Å². The van der Waals surface area contributed by atoms with Crippen LogP contribution in [0.15, 0.2) is 30.5 Å². The molecule has 2 nitrogen and oxygen atoms in total. The van der Waals surface area contributed by atoms with Gasteiger partial charge in [-0.3, -0.25) is 0 Å².